The third-order valence-electron chi connectivity index (χ3n) is 4.65. The van der Waals surface area contributed by atoms with Gasteiger partial charge >= 0.3 is 0 Å². The Morgan fingerprint density at radius 3 is 2.64 bits per heavy atom. The van der Waals surface area contributed by atoms with E-state index in [1.54, 1.807) is 12.4 Å². The zero-order valence-corrected chi connectivity index (χ0v) is 13.9. The van der Waals surface area contributed by atoms with Gasteiger partial charge in [0, 0.05) is 18.5 Å². The SMILES string of the molecule is Fc1ccc2ncnc(N3CCC(OCc4ccccc4)CC3)c2c1. The molecule has 0 N–H and O–H groups in total. The summed E-state index contributed by atoms with van der Waals surface area (Å²) in [5.74, 6) is 0.552. The minimum atomic E-state index is -0.260. The largest absolute Gasteiger partial charge is 0.373 e. The van der Waals surface area contributed by atoms with E-state index in [-0.39, 0.29) is 11.9 Å². The number of piperidine rings is 1. The van der Waals surface area contributed by atoms with Crippen molar-refractivity contribution in [2.24, 2.45) is 0 Å². The van der Waals surface area contributed by atoms with E-state index in [0.717, 1.165) is 42.7 Å². The highest BCUT2D eigenvalue weighted by Crippen LogP contribution is 2.27. The Bertz CT molecular complexity index is 848. The van der Waals surface area contributed by atoms with Gasteiger partial charge in [0.2, 0.25) is 0 Å². The standard InChI is InChI=1S/C20H20FN3O/c21-16-6-7-19-18(12-16)20(23-14-22-19)24-10-8-17(9-11-24)25-13-15-4-2-1-3-5-15/h1-7,12,14,17H,8-11,13H2. The van der Waals surface area contributed by atoms with E-state index in [1.807, 2.05) is 18.2 Å². The van der Waals surface area contributed by atoms with Crippen LogP contribution in [0.3, 0.4) is 0 Å². The lowest BCUT2D eigenvalue weighted by Gasteiger charge is -2.33. The first-order chi connectivity index (χ1) is 12.3. The normalized spacial score (nSPS) is 15.6. The smallest absolute Gasteiger partial charge is 0.139 e. The number of fused-ring (bicyclic) bond motifs is 1. The molecule has 1 aliphatic rings. The van der Waals surface area contributed by atoms with Crippen molar-refractivity contribution in [1.29, 1.82) is 0 Å². The number of benzene rings is 2. The lowest BCUT2D eigenvalue weighted by atomic mass is 10.1. The molecular formula is C20H20FN3O. The second kappa shape index (κ2) is 7.15. The topological polar surface area (TPSA) is 38.2 Å². The van der Waals surface area contributed by atoms with Crippen LogP contribution in [-0.4, -0.2) is 29.2 Å². The van der Waals surface area contributed by atoms with Crippen molar-refractivity contribution in [3.05, 3.63) is 66.2 Å². The Morgan fingerprint density at radius 2 is 1.84 bits per heavy atom. The summed E-state index contributed by atoms with van der Waals surface area (Å²) >= 11 is 0. The number of halogens is 1. The van der Waals surface area contributed by atoms with Gasteiger partial charge in [-0.05, 0) is 36.6 Å². The lowest BCUT2D eigenvalue weighted by Crippen LogP contribution is -2.37. The highest BCUT2D eigenvalue weighted by molar-refractivity contribution is 5.89. The maximum absolute atomic E-state index is 13.6. The first-order valence-electron chi connectivity index (χ1n) is 8.60. The summed E-state index contributed by atoms with van der Waals surface area (Å²) < 4.78 is 19.7. The predicted octanol–water partition coefficient (Wildman–Crippen LogP) is 3.95. The number of hydrogen-bond acceptors (Lipinski definition) is 4. The fourth-order valence-corrected chi connectivity index (χ4v) is 3.29. The summed E-state index contributed by atoms with van der Waals surface area (Å²) in [4.78, 5) is 10.8. The van der Waals surface area contributed by atoms with Crippen LogP contribution in [0.4, 0.5) is 10.2 Å². The van der Waals surface area contributed by atoms with Crippen LogP contribution in [0.25, 0.3) is 10.9 Å². The third kappa shape index (κ3) is 3.61. The highest BCUT2D eigenvalue weighted by Gasteiger charge is 2.22. The predicted molar refractivity (Wildman–Crippen MR) is 96.0 cm³/mol. The van der Waals surface area contributed by atoms with Gasteiger partial charge in [-0.15, -0.1) is 0 Å². The van der Waals surface area contributed by atoms with E-state index in [0.29, 0.717) is 6.61 Å². The van der Waals surface area contributed by atoms with Gasteiger partial charge in [0.15, 0.2) is 0 Å². The van der Waals surface area contributed by atoms with E-state index < -0.39 is 0 Å². The number of anilines is 1. The second-order valence-electron chi connectivity index (χ2n) is 6.34. The quantitative estimate of drug-likeness (QED) is 0.722. The summed E-state index contributed by atoms with van der Waals surface area (Å²) in [5, 5.41) is 0.770. The average Bonchev–Trinajstić information content (AvgIpc) is 2.67. The lowest BCUT2D eigenvalue weighted by molar-refractivity contribution is 0.0251. The Morgan fingerprint density at radius 1 is 1.04 bits per heavy atom. The Kier molecular flexibility index (Phi) is 4.57. The summed E-state index contributed by atoms with van der Waals surface area (Å²) in [6.07, 6.45) is 3.68. The van der Waals surface area contributed by atoms with E-state index >= 15 is 0 Å². The molecule has 128 valence electrons. The molecule has 2 aromatic carbocycles. The van der Waals surface area contributed by atoms with E-state index in [2.05, 4.69) is 27.0 Å². The number of aromatic nitrogens is 2. The zero-order chi connectivity index (χ0) is 17.1. The van der Waals surface area contributed by atoms with Gasteiger partial charge in [-0.3, -0.25) is 0 Å². The monoisotopic (exact) mass is 337 g/mol. The molecule has 0 bridgehead atoms. The van der Waals surface area contributed by atoms with Crippen LogP contribution in [0.1, 0.15) is 18.4 Å². The molecule has 0 radical (unpaired) electrons. The van der Waals surface area contributed by atoms with Gasteiger partial charge in [-0.1, -0.05) is 30.3 Å². The maximum atomic E-state index is 13.6. The molecule has 0 unspecified atom stereocenters. The molecule has 0 saturated carbocycles. The fourth-order valence-electron chi connectivity index (χ4n) is 3.29. The van der Waals surface area contributed by atoms with E-state index in [9.17, 15) is 4.39 Å². The van der Waals surface area contributed by atoms with Gasteiger partial charge in [-0.25, -0.2) is 14.4 Å². The first-order valence-corrected chi connectivity index (χ1v) is 8.60. The van der Waals surface area contributed by atoms with Gasteiger partial charge in [0.05, 0.1) is 18.2 Å². The van der Waals surface area contributed by atoms with Gasteiger partial charge in [0.1, 0.15) is 18.0 Å². The van der Waals surface area contributed by atoms with Crippen molar-refractivity contribution in [3.63, 3.8) is 0 Å². The Hall–Kier alpha value is -2.53. The van der Waals surface area contributed by atoms with Crippen LogP contribution in [0.5, 0.6) is 0 Å². The molecular weight excluding hydrogens is 317 g/mol. The van der Waals surface area contributed by atoms with Crippen LogP contribution < -0.4 is 4.90 Å². The molecule has 4 rings (SSSR count). The van der Waals surface area contributed by atoms with Crippen LogP contribution in [0.15, 0.2) is 54.9 Å². The molecule has 3 aromatic rings. The van der Waals surface area contributed by atoms with Crippen molar-refractivity contribution in [2.75, 3.05) is 18.0 Å². The highest BCUT2D eigenvalue weighted by atomic mass is 19.1. The molecule has 5 heteroatoms. The van der Waals surface area contributed by atoms with Gasteiger partial charge in [0.25, 0.3) is 0 Å². The molecule has 0 atom stereocenters. The van der Waals surface area contributed by atoms with E-state index in [1.165, 1.54) is 17.7 Å². The average molecular weight is 337 g/mol. The Balaban J connectivity index is 1.41. The summed E-state index contributed by atoms with van der Waals surface area (Å²) in [6.45, 7) is 2.34. The molecule has 1 aromatic heterocycles. The van der Waals surface area contributed by atoms with Crippen LogP contribution in [0, 0.1) is 5.82 Å². The summed E-state index contributed by atoms with van der Waals surface area (Å²) in [7, 11) is 0. The second-order valence-corrected chi connectivity index (χ2v) is 6.34. The van der Waals surface area contributed by atoms with Gasteiger partial charge < -0.3 is 9.64 Å². The minimum Gasteiger partial charge on any atom is -0.373 e. The third-order valence-corrected chi connectivity index (χ3v) is 4.65. The zero-order valence-electron chi connectivity index (χ0n) is 13.9. The van der Waals surface area contributed by atoms with Crippen molar-refractivity contribution in [1.82, 2.24) is 9.97 Å². The summed E-state index contributed by atoms with van der Waals surface area (Å²) in [6, 6.07) is 14.9. The van der Waals surface area contributed by atoms with Crippen LogP contribution in [0.2, 0.25) is 0 Å². The first kappa shape index (κ1) is 16.0. The van der Waals surface area contributed by atoms with Crippen molar-refractivity contribution in [3.8, 4) is 0 Å². The minimum absolute atomic E-state index is 0.251. The molecule has 2 heterocycles. The van der Waals surface area contributed by atoms with Crippen LogP contribution >= 0.6 is 0 Å². The van der Waals surface area contributed by atoms with Gasteiger partial charge in [-0.2, -0.15) is 0 Å². The van der Waals surface area contributed by atoms with E-state index in [4.69, 9.17) is 4.74 Å². The summed E-state index contributed by atoms with van der Waals surface area (Å²) in [5.41, 5.74) is 1.97. The van der Waals surface area contributed by atoms with Crippen molar-refractivity contribution in [2.45, 2.75) is 25.6 Å². The number of nitrogens with zero attached hydrogens (tertiary/aromatic N) is 3. The molecule has 1 fully saturated rings. The number of ether oxygens (including phenoxy) is 1. The Labute approximate surface area is 146 Å². The molecule has 25 heavy (non-hydrogen) atoms. The number of hydrogen-bond donors (Lipinski definition) is 0. The molecule has 1 saturated heterocycles. The molecule has 4 nitrogen and oxygen atoms in total. The maximum Gasteiger partial charge on any atom is 0.139 e. The van der Waals surface area contributed by atoms with Crippen LogP contribution in [-0.2, 0) is 11.3 Å². The molecule has 0 spiro atoms. The number of rotatable bonds is 4. The molecule has 0 amide bonds. The molecule has 1 aliphatic heterocycles. The van der Waals surface area contributed by atoms with Crippen molar-refractivity contribution < 1.29 is 9.13 Å². The van der Waals surface area contributed by atoms with Crippen molar-refractivity contribution >= 4 is 16.7 Å². The fraction of sp³-hybridized carbons (Fsp3) is 0.300. The molecule has 0 aliphatic carbocycles.